The summed E-state index contributed by atoms with van der Waals surface area (Å²) in [4.78, 5) is 15.1. The Morgan fingerprint density at radius 3 is 2.94 bits per heavy atom. The van der Waals surface area contributed by atoms with Gasteiger partial charge in [-0.25, -0.2) is 0 Å². The number of aromatic nitrogens is 1. The lowest BCUT2D eigenvalue weighted by Crippen LogP contribution is -1.97. The summed E-state index contributed by atoms with van der Waals surface area (Å²) in [6, 6.07) is 5.27. The molecule has 5 nitrogen and oxygen atoms in total. The SMILES string of the molecule is Cc1cncc(NCc2ccc([N+](=O)[O-])s2)c1. The predicted molar refractivity (Wildman–Crippen MR) is 67.3 cm³/mol. The Hall–Kier alpha value is -1.95. The Labute approximate surface area is 102 Å². The first-order chi connectivity index (χ1) is 8.15. The van der Waals surface area contributed by atoms with Gasteiger partial charge >= 0.3 is 5.00 Å². The van der Waals surface area contributed by atoms with Crippen LogP contribution >= 0.6 is 11.3 Å². The third kappa shape index (κ3) is 3.01. The fourth-order valence-electron chi connectivity index (χ4n) is 1.40. The first kappa shape index (κ1) is 11.5. The Bertz CT molecular complexity index is 539. The summed E-state index contributed by atoms with van der Waals surface area (Å²) in [5, 5.41) is 13.9. The Kier molecular flexibility index (Phi) is 3.34. The number of hydrogen-bond acceptors (Lipinski definition) is 5. The smallest absolute Gasteiger partial charge is 0.324 e. The zero-order valence-electron chi connectivity index (χ0n) is 9.21. The molecule has 17 heavy (non-hydrogen) atoms. The van der Waals surface area contributed by atoms with Gasteiger partial charge in [0.2, 0.25) is 0 Å². The van der Waals surface area contributed by atoms with Crippen molar-refractivity contribution in [1.29, 1.82) is 0 Å². The van der Waals surface area contributed by atoms with Crippen LogP contribution in [0.5, 0.6) is 0 Å². The molecule has 0 unspecified atom stereocenters. The lowest BCUT2D eigenvalue weighted by Gasteiger charge is -2.04. The van der Waals surface area contributed by atoms with Crippen LogP contribution in [0.25, 0.3) is 0 Å². The fraction of sp³-hybridized carbons (Fsp3) is 0.182. The molecule has 0 fully saturated rings. The second-order valence-corrected chi connectivity index (χ2v) is 4.75. The van der Waals surface area contributed by atoms with E-state index in [2.05, 4.69) is 10.3 Å². The maximum atomic E-state index is 10.5. The van der Waals surface area contributed by atoms with Crippen molar-refractivity contribution < 1.29 is 4.92 Å². The molecule has 0 spiro atoms. The van der Waals surface area contributed by atoms with Gasteiger partial charge < -0.3 is 5.32 Å². The van der Waals surface area contributed by atoms with Gasteiger partial charge in [-0.15, -0.1) is 0 Å². The van der Waals surface area contributed by atoms with Gasteiger partial charge in [0.1, 0.15) is 0 Å². The molecule has 2 heterocycles. The number of aryl methyl sites for hydroxylation is 1. The standard InChI is InChI=1S/C11H11N3O2S/c1-8-4-9(6-12-5-8)13-7-10-2-3-11(17-10)14(15)16/h2-6,13H,7H2,1H3. The molecule has 0 saturated carbocycles. The van der Waals surface area contributed by atoms with Crippen molar-refractivity contribution in [1.82, 2.24) is 4.98 Å². The van der Waals surface area contributed by atoms with Crippen LogP contribution < -0.4 is 5.32 Å². The zero-order chi connectivity index (χ0) is 12.3. The predicted octanol–water partition coefficient (Wildman–Crippen LogP) is 2.97. The summed E-state index contributed by atoms with van der Waals surface area (Å²) >= 11 is 1.18. The first-order valence-corrected chi connectivity index (χ1v) is 5.85. The highest BCUT2D eigenvalue weighted by atomic mass is 32.1. The lowest BCUT2D eigenvalue weighted by atomic mass is 10.3. The van der Waals surface area contributed by atoms with Crippen LogP contribution in [-0.4, -0.2) is 9.91 Å². The van der Waals surface area contributed by atoms with Crippen molar-refractivity contribution >= 4 is 22.0 Å². The van der Waals surface area contributed by atoms with E-state index < -0.39 is 0 Å². The van der Waals surface area contributed by atoms with E-state index in [1.165, 1.54) is 17.4 Å². The number of anilines is 1. The van der Waals surface area contributed by atoms with Crippen LogP contribution in [0.3, 0.4) is 0 Å². The number of nitrogens with zero attached hydrogens (tertiary/aromatic N) is 2. The van der Waals surface area contributed by atoms with Gasteiger partial charge in [0.15, 0.2) is 0 Å². The van der Waals surface area contributed by atoms with Gasteiger partial charge in [-0.2, -0.15) is 0 Å². The molecule has 0 aliphatic rings. The molecule has 88 valence electrons. The minimum Gasteiger partial charge on any atom is -0.379 e. The molecular formula is C11H11N3O2S. The molecule has 0 aliphatic carbocycles. The number of pyridine rings is 1. The Morgan fingerprint density at radius 2 is 2.29 bits per heavy atom. The molecule has 1 N–H and O–H groups in total. The molecule has 0 saturated heterocycles. The van der Waals surface area contributed by atoms with Crippen LogP contribution in [0.2, 0.25) is 0 Å². The Balaban J connectivity index is 2.00. The molecule has 0 radical (unpaired) electrons. The van der Waals surface area contributed by atoms with E-state index in [-0.39, 0.29) is 9.92 Å². The van der Waals surface area contributed by atoms with Gasteiger partial charge in [0, 0.05) is 29.9 Å². The van der Waals surface area contributed by atoms with Gasteiger partial charge in [-0.05, 0) is 24.6 Å². The third-order valence-corrected chi connectivity index (χ3v) is 3.21. The number of hydrogen-bond donors (Lipinski definition) is 1. The van der Waals surface area contributed by atoms with Crippen LogP contribution in [0.1, 0.15) is 10.4 Å². The van der Waals surface area contributed by atoms with Gasteiger partial charge in [0.25, 0.3) is 0 Å². The molecular weight excluding hydrogens is 238 g/mol. The largest absolute Gasteiger partial charge is 0.379 e. The zero-order valence-corrected chi connectivity index (χ0v) is 10.0. The van der Waals surface area contributed by atoms with Gasteiger partial charge in [-0.3, -0.25) is 15.1 Å². The van der Waals surface area contributed by atoms with E-state index in [4.69, 9.17) is 0 Å². The van der Waals surface area contributed by atoms with Crippen LogP contribution in [0, 0.1) is 17.0 Å². The normalized spacial score (nSPS) is 10.2. The molecule has 0 aromatic carbocycles. The minimum atomic E-state index is -0.373. The number of nitro groups is 1. The second kappa shape index (κ2) is 4.92. The highest BCUT2D eigenvalue weighted by Crippen LogP contribution is 2.24. The maximum Gasteiger partial charge on any atom is 0.324 e. The van der Waals surface area contributed by atoms with Gasteiger partial charge in [0.05, 0.1) is 10.6 Å². The van der Waals surface area contributed by atoms with Crippen molar-refractivity contribution in [3.05, 3.63) is 51.1 Å². The van der Waals surface area contributed by atoms with E-state index in [0.717, 1.165) is 16.1 Å². The third-order valence-electron chi connectivity index (χ3n) is 2.17. The molecule has 0 atom stereocenters. The average molecular weight is 249 g/mol. The Morgan fingerprint density at radius 1 is 1.47 bits per heavy atom. The molecule has 0 bridgehead atoms. The minimum absolute atomic E-state index is 0.171. The topological polar surface area (TPSA) is 68.1 Å². The fourth-order valence-corrected chi connectivity index (χ4v) is 2.16. The van der Waals surface area contributed by atoms with Crippen molar-refractivity contribution in [2.45, 2.75) is 13.5 Å². The number of rotatable bonds is 4. The molecule has 0 amide bonds. The summed E-state index contributed by atoms with van der Waals surface area (Å²) < 4.78 is 0. The average Bonchev–Trinajstić information content (AvgIpc) is 2.75. The highest BCUT2D eigenvalue weighted by molar-refractivity contribution is 7.15. The summed E-state index contributed by atoms with van der Waals surface area (Å²) in [6.07, 6.45) is 3.51. The first-order valence-electron chi connectivity index (χ1n) is 5.04. The molecule has 2 aromatic heterocycles. The van der Waals surface area contributed by atoms with E-state index in [1.54, 1.807) is 18.5 Å². The summed E-state index contributed by atoms with van der Waals surface area (Å²) in [5.74, 6) is 0. The molecule has 2 aromatic rings. The van der Waals surface area contributed by atoms with Gasteiger partial charge in [-0.1, -0.05) is 11.3 Å². The van der Waals surface area contributed by atoms with E-state index in [0.29, 0.717) is 6.54 Å². The lowest BCUT2D eigenvalue weighted by molar-refractivity contribution is -0.380. The van der Waals surface area contributed by atoms with Crippen molar-refractivity contribution in [3.8, 4) is 0 Å². The molecule has 6 heteroatoms. The molecule has 2 rings (SSSR count). The molecule has 0 aliphatic heterocycles. The maximum absolute atomic E-state index is 10.5. The van der Waals surface area contributed by atoms with E-state index >= 15 is 0 Å². The number of nitrogens with one attached hydrogen (secondary N) is 1. The van der Waals surface area contributed by atoms with Crippen LogP contribution in [-0.2, 0) is 6.54 Å². The second-order valence-electron chi connectivity index (χ2n) is 3.60. The van der Waals surface area contributed by atoms with Crippen LogP contribution in [0.4, 0.5) is 10.7 Å². The van der Waals surface area contributed by atoms with Crippen molar-refractivity contribution in [2.75, 3.05) is 5.32 Å². The number of thiophene rings is 1. The van der Waals surface area contributed by atoms with Crippen molar-refractivity contribution in [2.24, 2.45) is 0 Å². The highest BCUT2D eigenvalue weighted by Gasteiger charge is 2.09. The monoisotopic (exact) mass is 249 g/mol. The quantitative estimate of drug-likeness (QED) is 0.668. The summed E-state index contributed by atoms with van der Waals surface area (Å²) in [5.41, 5.74) is 1.99. The summed E-state index contributed by atoms with van der Waals surface area (Å²) in [6.45, 7) is 2.54. The van der Waals surface area contributed by atoms with E-state index in [9.17, 15) is 10.1 Å². The van der Waals surface area contributed by atoms with E-state index in [1.807, 2.05) is 13.0 Å². The van der Waals surface area contributed by atoms with Crippen molar-refractivity contribution in [3.63, 3.8) is 0 Å². The summed E-state index contributed by atoms with van der Waals surface area (Å²) in [7, 11) is 0. The van der Waals surface area contributed by atoms with Crippen LogP contribution in [0.15, 0.2) is 30.6 Å².